The highest BCUT2D eigenvalue weighted by molar-refractivity contribution is 6.30. The van der Waals surface area contributed by atoms with Gasteiger partial charge in [-0.25, -0.2) is 9.67 Å². The van der Waals surface area contributed by atoms with Gasteiger partial charge in [0, 0.05) is 37.9 Å². The minimum absolute atomic E-state index is 0.0156. The smallest absolute Gasteiger partial charge is 0.170 e. The lowest BCUT2D eigenvalue weighted by molar-refractivity contribution is 0.0150. The van der Waals surface area contributed by atoms with Crippen molar-refractivity contribution in [1.29, 1.82) is 0 Å². The molecule has 1 aliphatic heterocycles. The predicted molar refractivity (Wildman–Crippen MR) is 136 cm³/mol. The number of hydrogen-bond acceptors (Lipinski definition) is 6. The predicted octanol–water partition coefficient (Wildman–Crippen LogP) is 4.63. The summed E-state index contributed by atoms with van der Waals surface area (Å²) in [5.74, 6) is 0.645. The van der Waals surface area contributed by atoms with Crippen molar-refractivity contribution in [2.75, 3.05) is 26.3 Å². The number of morpholine rings is 1. The van der Waals surface area contributed by atoms with Crippen LogP contribution < -0.4 is 0 Å². The molecule has 182 valence electrons. The number of aryl methyl sites for hydroxylation is 1. The molecule has 1 unspecified atom stereocenters. The minimum Gasteiger partial charge on any atom is -0.379 e. The Morgan fingerprint density at radius 2 is 1.97 bits per heavy atom. The summed E-state index contributed by atoms with van der Waals surface area (Å²) in [6, 6.07) is 6.24. The molecule has 0 saturated carbocycles. The molecular weight excluding hydrogens is 462 g/mol. The molecule has 1 aliphatic carbocycles. The van der Waals surface area contributed by atoms with Crippen LogP contribution in [0.4, 0.5) is 0 Å². The first-order chi connectivity index (χ1) is 17.0. The van der Waals surface area contributed by atoms with Crippen LogP contribution in [0.15, 0.2) is 42.9 Å². The Labute approximate surface area is 210 Å². The van der Waals surface area contributed by atoms with Gasteiger partial charge >= 0.3 is 0 Å². The maximum atomic E-state index is 13.1. The highest BCUT2D eigenvalue weighted by Gasteiger charge is 2.24. The largest absolute Gasteiger partial charge is 0.379 e. The average molecular weight is 492 g/mol. The van der Waals surface area contributed by atoms with E-state index >= 15 is 0 Å². The normalized spacial score (nSPS) is 18.9. The van der Waals surface area contributed by atoms with Gasteiger partial charge in [-0.1, -0.05) is 23.7 Å². The van der Waals surface area contributed by atoms with Crippen molar-refractivity contribution in [3.05, 3.63) is 76.0 Å². The summed E-state index contributed by atoms with van der Waals surface area (Å²) in [7, 11) is 0. The van der Waals surface area contributed by atoms with Crippen molar-refractivity contribution in [2.45, 2.75) is 45.6 Å². The van der Waals surface area contributed by atoms with Crippen molar-refractivity contribution < 1.29 is 9.53 Å². The van der Waals surface area contributed by atoms with Crippen molar-refractivity contribution in [3.63, 3.8) is 0 Å². The standard InChI is InChI=1S/C27H30ClN5O2/c1-18-13-20(14-25(34)24-17-31-33(19(24)2)26-8-5-22(28)16-29-26)15-30-27(18)21-3-6-23(7-4-21)32-9-11-35-12-10-32/h3,5,8,13,15-17,23H,4,6-7,9-12,14H2,1-2H3. The van der Waals surface area contributed by atoms with Crippen LogP contribution in [-0.4, -0.2) is 62.8 Å². The number of rotatable bonds is 6. The van der Waals surface area contributed by atoms with Gasteiger partial charge in [-0.05, 0) is 61.9 Å². The van der Waals surface area contributed by atoms with Crippen LogP contribution in [0.2, 0.25) is 5.02 Å². The lowest BCUT2D eigenvalue weighted by atomic mass is 9.90. The van der Waals surface area contributed by atoms with E-state index in [1.165, 1.54) is 5.57 Å². The van der Waals surface area contributed by atoms with Crippen LogP contribution in [0.3, 0.4) is 0 Å². The van der Waals surface area contributed by atoms with Crippen molar-refractivity contribution in [1.82, 2.24) is 24.6 Å². The molecule has 8 heteroatoms. The number of carbonyl (C=O) groups is 1. The summed E-state index contributed by atoms with van der Waals surface area (Å²) >= 11 is 5.94. The summed E-state index contributed by atoms with van der Waals surface area (Å²) in [6.07, 6.45) is 10.9. The number of hydrogen-bond donors (Lipinski definition) is 0. The molecule has 1 fully saturated rings. The number of Topliss-reactive ketones (excluding diaryl/α,β-unsaturated/α-hetero) is 1. The molecule has 0 amide bonds. The van der Waals surface area contributed by atoms with Gasteiger partial charge in [0.25, 0.3) is 0 Å². The summed E-state index contributed by atoms with van der Waals surface area (Å²) in [6.45, 7) is 7.70. The van der Waals surface area contributed by atoms with Gasteiger partial charge in [0.2, 0.25) is 0 Å². The molecule has 0 bridgehead atoms. The van der Waals surface area contributed by atoms with Gasteiger partial charge in [-0.2, -0.15) is 5.10 Å². The number of halogens is 1. The first-order valence-electron chi connectivity index (χ1n) is 12.2. The van der Waals surface area contributed by atoms with Crippen LogP contribution in [0.1, 0.15) is 52.1 Å². The van der Waals surface area contributed by atoms with Gasteiger partial charge in [0.15, 0.2) is 11.6 Å². The molecule has 0 spiro atoms. The Hall–Kier alpha value is -2.87. The van der Waals surface area contributed by atoms with E-state index in [1.807, 2.05) is 13.1 Å². The first kappa shape index (κ1) is 23.9. The zero-order valence-corrected chi connectivity index (χ0v) is 21.0. The number of pyridine rings is 2. The van der Waals surface area contributed by atoms with Gasteiger partial charge in [0.05, 0.1) is 41.4 Å². The fourth-order valence-electron chi connectivity index (χ4n) is 5.06. The van der Waals surface area contributed by atoms with E-state index in [0.29, 0.717) is 22.4 Å². The Kier molecular flexibility index (Phi) is 7.09. The first-order valence-corrected chi connectivity index (χ1v) is 12.5. The second-order valence-electron chi connectivity index (χ2n) is 9.31. The van der Waals surface area contributed by atoms with Gasteiger partial charge in [-0.15, -0.1) is 0 Å². The topological polar surface area (TPSA) is 73.1 Å². The van der Waals surface area contributed by atoms with Crippen molar-refractivity contribution in [3.8, 4) is 5.82 Å². The third-order valence-electron chi connectivity index (χ3n) is 6.99. The Morgan fingerprint density at radius 1 is 1.14 bits per heavy atom. The summed E-state index contributed by atoms with van der Waals surface area (Å²) in [5, 5.41) is 4.93. The van der Waals surface area contributed by atoms with Crippen LogP contribution in [0, 0.1) is 13.8 Å². The van der Waals surface area contributed by atoms with Crippen LogP contribution >= 0.6 is 11.6 Å². The Balaban J connectivity index is 1.26. The zero-order valence-electron chi connectivity index (χ0n) is 20.2. The second kappa shape index (κ2) is 10.4. The zero-order chi connectivity index (χ0) is 24.4. The Morgan fingerprint density at radius 3 is 2.66 bits per heavy atom. The average Bonchev–Trinajstić information content (AvgIpc) is 3.27. The van der Waals surface area contributed by atoms with E-state index < -0.39 is 0 Å². The molecule has 7 nitrogen and oxygen atoms in total. The van der Waals surface area contributed by atoms with E-state index in [9.17, 15) is 4.79 Å². The van der Waals surface area contributed by atoms with Gasteiger partial charge < -0.3 is 4.74 Å². The third kappa shape index (κ3) is 5.22. The van der Waals surface area contributed by atoms with E-state index in [0.717, 1.165) is 68.1 Å². The minimum atomic E-state index is 0.0156. The molecule has 4 heterocycles. The van der Waals surface area contributed by atoms with Crippen LogP contribution in [-0.2, 0) is 11.2 Å². The SMILES string of the molecule is Cc1cc(CC(=O)c2cnn(-c3ccc(Cl)cn3)c2C)cnc1C1=CCC(N2CCOCC2)CC1. The molecule has 5 rings (SSSR count). The van der Waals surface area contributed by atoms with Crippen LogP contribution in [0.25, 0.3) is 11.4 Å². The lowest BCUT2D eigenvalue weighted by Crippen LogP contribution is -2.43. The molecule has 3 aromatic heterocycles. The van der Waals surface area contributed by atoms with Crippen molar-refractivity contribution >= 4 is 23.0 Å². The Bertz CT molecular complexity index is 1240. The second-order valence-corrected chi connectivity index (χ2v) is 9.74. The number of allylic oxidation sites excluding steroid dienone is 1. The molecule has 0 aromatic carbocycles. The van der Waals surface area contributed by atoms with Crippen molar-refractivity contribution in [2.24, 2.45) is 0 Å². The number of ether oxygens (including phenoxy) is 1. The molecular formula is C27H30ClN5O2. The van der Waals surface area contributed by atoms with E-state index in [1.54, 1.807) is 29.2 Å². The maximum absolute atomic E-state index is 13.1. The van der Waals surface area contributed by atoms with E-state index in [-0.39, 0.29) is 12.2 Å². The molecule has 2 aliphatic rings. The van der Waals surface area contributed by atoms with Gasteiger partial charge in [-0.3, -0.25) is 14.7 Å². The van der Waals surface area contributed by atoms with Gasteiger partial charge in [0.1, 0.15) is 0 Å². The third-order valence-corrected chi connectivity index (χ3v) is 7.21. The maximum Gasteiger partial charge on any atom is 0.170 e. The summed E-state index contributed by atoms with van der Waals surface area (Å²) < 4.78 is 7.16. The summed E-state index contributed by atoms with van der Waals surface area (Å²) in [4.78, 5) is 24.7. The highest BCUT2D eigenvalue weighted by atomic mass is 35.5. The fourth-order valence-corrected chi connectivity index (χ4v) is 5.18. The fraction of sp³-hybridized carbons (Fsp3) is 0.407. The monoisotopic (exact) mass is 491 g/mol. The molecule has 1 atom stereocenters. The quantitative estimate of drug-likeness (QED) is 0.468. The molecule has 3 aromatic rings. The lowest BCUT2D eigenvalue weighted by Gasteiger charge is -2.36. The highest BCUT2D eigenvalue weighted by Crippen LogP contribution is 2.30. The number of ketones is 1. The number of carbonyl (C=O) groups excluding carboxylic acids is 1. The molecule has 0 radical (unpaired) electrons. The molecule has 1 saturated heterocycles. The summed E-state index contributed by atoms with van der Waals surface area (Å²) in [5.41, 5.74) is 5.75. The molecule has 35 heavy (non-hydrogen) atoms. The van der Waals surface area contributed by atoms with E-state index in [2.05, 4.69) is 34.0 Å². The number of aromatic nitrogens is 4. The molecule has 0 N–H and O–H groups in total. The van der Waals surface area contributed by atoms with Crippen LogP contribution in [0.5, 0.6) is 0 Å². The van der Waals surface area contributed by atoms with E-state index in [4.69, 9.17) is 21.3 Å². The number of nitrogens with zero attached hydrogens (tertiary/aromatic N) is 5.